The van der Waals surface area contributed by atoms with Crippen molar-refractivity contribution in [1.29, 1.82) is 0 Å². The number of pyridine rings is 1. The number of rotatable bonds is 5. The van der Waals surface area contributed by atoms with Crippen molar-refractivity contribution in [3.63, 3.8) is 0 Å². The number of halogens is 4. The first-order valence-corrected chi connectivity index (χ1v) is 9.94. The highest BCUT2D eigenvalue weighted by molar-refractivity contribution is 9.10. The van der Waals surface area contributed by atoms with E-state index in [9.17, 15) is 18.0 Å². The Morgan fingerprint density at radius 3 is 2.68 bits per heavy atom. The van der Waals surface area contributed by atoms with Crippen molar-refractivity contribution in [2.24, 2.45) is 17.0 Å². The molecule has 0 amide bonds. The van der Waals surface area contributed by atoms with Crippen molar-refractivity contribution >= 4 is 33.7 Å². The molecule has 5 atom stereocenters. The Morgan fingerprint density at radius 1 is 1.46 bits per heavy atom. The Morgan fingerprint density at radius 2 is 2.14 bits per heavy atom. The molecule has 0 aliphatic carbocycles. The number of carbonyl (C=O) groups excluding carboxylic acids is 1. The van der Waals surface area contributed by atoms with Crippen molar-refractivity contribution < 1.29 is 27.4 Å². The van der Waals surface area contributed by atoms with Crippen molar-refractivity contribution in [1.82, 2.24) is 4.98 Å². The van der Waals surface area contributed by atoms with Crippen molar-refractivity contribution in [3.8, 4) is 0 Å². The molecule has 1 aromatic heterocycles. The molecule has 0 aromatic carbocycles. The largest absolute Gasteiger partial charge is 0.463 e. The van der Waals surface area contributed by atoms with Crippen LogP contribution in [0.2, 0.25) is 0 Å². The molecular formula is C16H18BrF3N4O3S. The Labute approximate surface area is 172 Å². The summed E-state index contributed by atoms with van der Waals surface area (Å²) in [5, 5.41) is 3.85. The second-order valence-electron chi connectivity index (χ2n) is 6.38. The molecule has 1 aliphatic heterocycles. The van der Waals surface area contributed by atoms with Crippen LogP contribution in [0.15, 0.2) is 26.7 Å². The van der Waals surface area contributed by atoms with Gasteiger partial charge in [-0.2, -0.15) is 13.2 Å². The molecule has 154 valence electrons. The highest BCUT2D eigenvalue weighted by Gasteiger charge is 2.42. The quantitative estimate of drug-likeness (QED) is 0.248. The summed E-state index contributed by atoms with van der Waals surface area (Å²) in [6.45, 7) is 4.94. The van der Waals surface area contributed by atoms with Gasteiger partial charge in [-0.15, -0.1) is 0 Å². The lowest BCUT2D eigenvalue weighted by molar-refractivity contribution is -0.153. The third-order valence-electron chi connectivity index (χ3n) is 4.37. The zero-order valence-electron chi connectivity index (χ0n) is 15.2. The Bertz CT molecular complexity index is 776. The third kappa shape index (κ3) is 5.53. The summed E-state index contributed by atoms with van der Waals surface area (Å²) in [7, 11) is 0. The van der Waals surface area contributed by atoms with Crippen LogP contribution in [-0.2, 0) is 20.4 Å². The van der Waals surface area contributed by atoms with Crippen LogP contribution >= 0.6 is 27.7 Å². The average Bonchev–Trinajstić information content (AvgIpc) is 2.58. The highest BCUT2D eigenvalue weighted by Crippen LogP contribution is 2.42. The van der Waals surface area contributed by atoms with Crippen molar-refractivity contribution in [3.05, 3.63) is 32.9 Å². The van der Waals surface area contributed by atoms with Gasteiger partial charge in [0.15, 0.2) is 5.69 Å². The first-order chi connectivity index (χ1) is 13.0. The van der Waals surface area contributed by atoms with Crippen LogP contribution < -0.4 is 0 Å². The van der Waals surface area contributed by atoms with Gasteiger partial charge in [-0.1, -0.05) is 30.7 Å². The lowest BCUT2D eigenvalue weighted by Gasteiger charge is -2.42. The van der Waals surface area contributed by atoms with Gasteiger partial charge < -0.3 is 9.47 Å². The fourth-order valence-electron chi connectivity index (χ4n) is 2.90. The SMILES string of the molecule is CC(=O)OCC1O[C@H](Sc2cnc(C(F)(F)F)c(Br)c2)C(C)[C@@H](N=[N+]=[N-])[C@H]1C. The molecule has 2 heterocycles. The van der Waals surface area contributed by atoms with Crippen LogP contribution in [-0.4, -0.2) is 35.1 Å². The molecule has 1 aliphatic rings. The van der Waals surface area contributed by atoms with E-state index in [1.165, 1.54) is 24.8 Å². The summed E-state index contributed by atoms with van der Waals surface area (Å²) < 4.78 is 49.5. The van der Waals surface area contributed by atoms with Gasteiger partial charge in [0.1, 0.15) is 12.0 Å². The zero-order valence-corrected chi connectivity index (χ0v) is 17.6. The maximum atomic E-state index is 12.9. The van der Waals surface area contributed by atoms with Gasteiger partial charge in [0.2, 0.25) is 0 Å². The molecular weight excluding hydrogens is 465 g/mol. The van der Waals surface area contributed by atoms with Gasteiger partial charge in [0.05, 0.1) is 6.10 Å². The molecule has 0 N–H and O–H groups in total. The predicted molar refractivity (Wildman–Crippen MR) is 99.4 cm³/mol. The summed E-state index contributed by atoms with van der Waals surface area (Å²) in [4.78, 5) is 18.0. The molecule has 1 fully saturated rings. The van der Waals surface area contributed by atoms with Crippen molar-refractivity contribution in [2.45, 2.75) is 49.4 Å². The molecule has 0 spiro atoms. The van der Waals surface area contributed by atoms with E-state index in [2.05, 4.69) is 30.9 Å². The molecule has 0 saturated carbocycles. The van der Waals surface area contributed by atoms with Gasteiger partial charge in [0.25, 0.3) is 0 Å². The minimum atomic E-state index is -4.56. The summed E-state index contributed by atoms with van der Waals surface area (Å²) >= 11 is 4.07. The van der Waals surface area contributed by atoms with E-state index in [1.54, 1.807) is 0 Å². The number of thioether (sulfide) groups is 1. The lowest BCUT2D eigenvalue weighted by atomic mass is 9.85. The summed E-state index contributed by atoms with van der Waals surface area (Å²) in [6.07, 6.45) is -3.96. The standard InChI is InChI=1S/C16H18BrF3N4O3S/c1-7-12(6-26-9(3)25)27-15(8(2)13(7)23-24-21)28-10-4-11(17)14(22-5-10)16(18,19)20/h4-5,7-8,12-13,15H,6H2,1-3H3/t7-,8?,12?,13-,15+/m0/s1. The first-order valence-electron chi connectivity index (χ1n) is 8.27. The number of ether oxygens (including phenoxy) is 2. The summed E-state index contributed by atoms with van der Waals surface area (Å²) in [6, 6.07) is 0.890. The maximum absolute atomic E-state index is 12.9. The summed E-state index contributed by atoms with van der Waals surface area (Å²) in [5.41, 5.74) is 7.34. The fraction of sp³-hybridized carbons (Fsp3) is 0.625. The van der Waals surface area contributed by atoms with Crippen LogP contribution in [0.4, 0.5) is 13.2 Å². The van der Waals surface area contributed by atoms with E-state index in [4.69, 9.17) is 15.0 Å². The Kier molecular flexibility index (Phi) is 7.60. The van der Waals surface area contributed by atoms with Gasteiger partial charge in [0, 0.05) is 39.4 Å². The normalized spacial score (nSPS) is 27.8. The van der Waals surface area contributed by atoms with Gasteiger partial charge in [-0.25, -0.2) is 4.98 Å². The van der Waals surface area contributed by atoms with E-state index >= 15 is 0 Å². The zero-order chi connectivity index (χ0) is 21.1. The molecule has 12 heteroatoms. The van der Waals surface area contributed by atoms with Gasteiger partial charge in [-0.05, 0) is 33.4 Å². The van der Waals surface area contributed by atoms with Crippen LogP contribution in [0.3, 0.4) is 0 Å². The second-order valence-corrected chi connectivity index (χ2v) is 8.40. The monoisotopic (exact) mass is 482 g/mol. The van der Waals surface area contributed by atoms with Crippen LogP contribution in [0.5, 0.6) is 0 Å². The van der Waals surface area contributed by atoms with E-state index < -0.39 is 35.4 Å². The smallest absolute Gasteiger partial charge is 0.434 e. The molecule has 1 aromatic rings. The molecule has 28 heavy (non-hydrogen) atoms. The minimum absolute atomic E-state index is 0.00726. The van der Waals surface area contributed by atoms with E-state index in [0.29, 0.717) is 4.90 Å². The average molecular weight is 483 g/mol. The molecule has 7 nitrogen and oxygen atoms in total. The number of hydrogen-bond acceptors (Lipinski definition) is 6. The second kappa shape index (κ2) is 9.34. The first kappa shape index (κ1) is 22.8. The fourth-order valence-corrected chi connectivity index (χ4v) is 4.77. The number of carbonyl (C=O) groups is 1. The lowest BCUT2D eigenvalue weighted by Crippen LogP contribution is -2.48. The minimum Gasteiger partial charge on any atom is -0.463 e. The molecule has 1 saturated heterocycles. The number of aromatic nitrogens is 1. The summed E-state index contributed by atoms with van der Waals surface area (Å²) in [5.74, 6) is -0.903. The van der Waals surface area contributed by atoms with Crippen LogP contribution in [0.1, 0.15) is 26.5 Å². The highest BCUT2D eigenvalue weighted by atomic mass is 79.9. The Hall–Kier alpha value is -1.49. The number of alkyl halides is 3. The number of esters is 1. The van der Waals surface area contributed by atoms with E-state index in [-0.39, 0.29) is 22.9 Å². The number of hydrogen-bond donors (Lipinski definition) is 0. The van der Waals surface area contributed by atoms with Crippen molar-refractivity contribution in [2.75, 3.05) is 6.61 Å². The molecule has 0 radical (unpaired) electrons. The predicted octanol–water partition coefficient (Wildman–Crippen LogP) is 5.19. The van der Waals surface area contributed by atoms with Gasteiger partial charge in [-0.3, -0.25) is 4.79 Å². The van der Waals surface area contributed by atoms with Crippen LogP contribution in [0.25, 0.3) is 10.4 Å². The van der Waals surface area contributed by atoms with Gasteiger partial charge >= 0.3 is 12.1 Å². The number of azide groups is 1. The maximum Gasteiger partial charge on any atom is 0.434 e. The molecule has 2 unspecified atom stereocenters. The molecule has 2 rings (SSSR count). The number of nitrogens with zero attached hydrogens (tertiary/aromatic N) is 4. The molecule has 0 bridgehead atoms. The van der Waals surface area contributed by atoms with E-state index in [0.717, 1.165) is 6.20 Å². The van der Waals surface area contributed by atoms with Crippen LogP contribution in [0, 0.1) is 11.8 Å². The third-order valence-corrected chi connectivity index (χ3v) is 6.25. The Balaban J connectivity index is 2.23. The van der Waals surface area contributed by atoms with E-state index in [1.807, 2.05) is 13.8 Å². The topological polar surface area (TPSA) is 97.2 Å².